The van der Waals surface area contributed by atoms with Crippen molar-refractivity contribution in [3.05, 3.63) is 83.5 Å². The van der Waals surface area contributed by atoms with Gasteiger partial charge in [-0.05, 0) is 99.2 Å². The van der Waals surface area contributed by atoms with Gasteiger partial charge in [-0.2, -0.15) is 9.97 Å². The number of amides is 1. The van der Waals surface area contributed by atoms with Crippen molar-refractivity contribution in [3.63, 3.8) is 0 Å². The van der Waals surface area contributed by atoms with Crippen LogP contribution >= 0.6 is 0 Å². The van der Waals surface area contributed by atoms with Gasteiger partial charge in [-0.3, -0.25) is 4.79 Å². The summed E-state index contributed by atoms with van der Waals surface area (Å²) in [6, 6.07) is 10.6. The highest BCUT2D eigenvalue weighted by Crippen LogP contribution is 2.43. The number of carbonyl (C=O) groups excluding carboxylic acids is 1. The first-order valence-electron chi connectivity index (χ1n) is 20.7. The number of ether oxygens (including phenoxy) is 2. The monoisotopic (exact) mass is 805 g/mol. The molecule has 1 saturated carbocycles. The standard InChI is InChI=1S/C46H53F2N7O4/c1-6-35-38(48)14-11-31-20-34(56)22-37(42(31)35)30-10-13-36-39(21-30)51-44(52-43(36)50-27-46(16-8-9-17-46)53(5)41(57)7-2)59-28-45(4)23-32(47)25-55(45)33-12-15-40(49-24-33)54-18-19-58-26-29(54)3/h1,7,11-12,14-15,20,22,24,29-30,32,56H,2,8-10,13,16-19,21,23,25-28H2,3-5H3,(H,50,51,52)/t29-,30-,32-,45+/m1/s1. The van der Waals surface area contributed by atoms with Crippen molar-refractivity contribution in [2.75, 3.05) is 61.6 Å². The average molecular weight is 806 g/mol. The van der Waals surface area contributed by atoms with Gasteiger partial charge in [0.05, 0.1) is 60.0 Å². The number of alkyl halides is 1. The van der Waals surface area contributed by atoms with Crippen LogP contribution in [0.4, 0.5) is 26.1 Å². The Morgan fingerprint density at radius 1 is 1.24 bits per heavy atom. The molecule has 2 saturated heterocycles. The number of hydrogen-bond donors (Lipinski definition) is 2. The van der Waals surface area contributed by atoms with Gasteiger partial charge in [0.2, 0.25) is 5.91 Å². The fourth-order valence-corrected chi connectivity index (χ4v) is 9.89. The minimum atomic E-state index is -1.07. The van der Waals surface area contributed by atoms with E-state index >= 15 is 8.78 Å². The van der Waals surface area contributed by atoms with Crippen LogP contribution in [0, 0.1) is 18.2 Å². The van der Waals surface area contributed by atoms with Crippen LogP contribution in [0.5, 0.6) is 11.8 Å². The van der Waals surface area contributed by atoms with E-state index in [-0.39, 0.29) is 54.8 Å². The minimum absolute atomic E-state index is 0.0722. The number of likely N-dealkylation sites (N-methyl/N-ethyl adjacent to an activating group) is 1. The zero-order valence-corrected chi connectivity index (χ0v) is 34.1. The maximum atomic E-state index is 15.4. The first kappa shape index (κ1) is 40.3. The fraction of sp³-hybridized carbons (Fsp3) is 0.478. The van der Waals surface area contributed by atoms with E-state index in [4.69, 9.17) is 30.8 Å². The number of phenols is 1. The summed E-state index contributed by atoms with van der Waals surface area (Å²) in [5.41, 5.74) is 2.27. The van der Waals surface area contributed by atoms with Crippen LogP contribution in [0.2, 0.25) is 0 Å². The number of fused-ring (bicyclic) bond motifs is 2. The van der Waals surface area contributed by atoms with E-state index < -0.39 is 23.1 Å². The lowest BCUT2D eigenvalue weighted by Gasteiger charge is -2.39. The van der Waals surface area contributed by atoms with E-state index in [0.717, 1.165) is 60.6 Å². The minimum Gasteiger partial charge on any atom is -0.508 e. The molecule has 2 aromatic heterocycles. The largest absolute Gasteiger partial charge is 0.508 e. The van der Waals surface area contributed by atoms with E-state index in [2.05, 4.69) is 29.6 Å². The summed E-state index contributed by atoms with van der Waals surface area (Å²) < 4.78 is 42.6. The number of terminal acetylenes is 1. The van der Waals surface area contributed by atoms with E-state index in [0.29, 0.717) is 55.6 Å². The first-order chi connectivity index (χ1) is 28.4. The highest BCUT2D eigenvalue weighted by Gasteiger charge is 2.44. The number of carbonyl (C=O) groups is 1. The lowest BCUT2D eigenvalue weighted by Crippen LogP contribution is -2.51. The second-order valence-electron chi connectivity index (χ2n) is 17.0. The van der Waals surface area contributed by atoms with Crippen LogP contribution < -0.4 is 19.9 Å². The quantitative estimate of drug-likeness (QED) is 0.120. The fourth-order valence-electron chi connectivity index (χ4n) is 9.89. The van der Waals surface area contributed by atoms with Crippen LogP contribution in [0.25, 0.3) is 10.8 Å². The van der Waals surface area contributed by atoms with E-state index in [9.17, 15) is 9.90 Å². The second-order valence-corrected chi connectivity index (χ2v) is 17.0. The number of aromatic hydroxyl groups is 1. The molecule has 2 N–H and O–H groups in total. The Bertz CT molecular complexity index is 2280. The first-order valence-corrected chi connectivity index (χ1v) is 20.7. The van der Waals surface area contributed by atoms with E-state index in [1.807, 2.05) is 31.0 Å². The molecule has 0 radical (unpaired) electrons. The number of hydrogen-bond acceptors (Lipinski definition) is 10. The number of halogens is 2. The molecular weight excluding hydrogens is 753 g/mol. The number of nitrogens with one attached hydrogen (secondary N) is 1. The summed E-state index contributed by atoms with van der Waals surface area (Å²) in [6.45, 7) is 10.7. The molecule has 2 aliphatic heterocycles. The number of phenolic OH excluding ortho intramolecular Hbond substituents is 1. The van der Waals surface area contributed by atoms with Gasteiger partial charge in [0.15, 0.2) is 0 Å². The molecule has 0 spiro atoms. The van der Waals surface area contributed by atoms with Crippen molar-refractivity contribution in [2.24, 2.45) is 0 Å². The lowest BCUT2D eigenvalue weighted by molar-refractivity contribution is -0.129. The number of benzene rings is 2. The predicted molar refractivity (Wildman–Crippen MR) is 226 cm³/mol. The summed E-state index contributed by atoms with van der Waals surface area (Å²) in [5.74, 6) is 3.33. The van der Waals surface area contributed by atoms with Gasteiger partial charge in [0.1, 0.15) is 36.0 Å². The summed E-state index contributed by atoms with van der Waals surface area (Å²) in [6.07, 6.45) is 13.6. The topological polar surface area (TPSA) is 116 Å². The molecular formula is C46H53F2N7O4. The number of anilines is 3. The summed E-state index contributed by atoms with van der Waals surface area (Å²) in [5, 5.41) is 15.7. The van der Waals surface area contributed by atoms with E-state index in [1.165, 1.54) is 12.1 Å². The van der Waals surface area contributed by atoms with Crippen LogP contribution in [0.1, 0.15) is 80.7 Å². The average Bonchev–Trinajstić information content (AvgIpc) is 3.85. The lowest BCUT2D eigenvalue weighted by atomic mass is 9.79. The van der Waals surface area contributed by atoms with Gasteiger partial charge in [0.25, 0.3) is 0 Å². The highest BCUT2D eigenvalue weighted by atomic mass is 19.1. The van der Waals surface area contributed by atoms with Crippen LogP contribution in [0.15, 0.2) is 55.3 Å². The Labute approximate surface area is 344 Å². The molecule has 0 unspecified atom stereocenters. The predicted octanol–water partition coefficient (Wildman–Crippen LogP) is 7.10. The molecule has 2 aliphatic carbocycles. The Balaban J connectivity index is 1.11. The van der Waals surface area contributed by atoms with Crippen LogP contribution in [-0.4, -0.2) is 101 Å². The second kappa shape index (κ2) is 16.3. The number of morpholine rings is 1. The summed E-state index contributed by atoms with van der Waals surface area (Å²) >= 11 is 0. The van der Waals surface area contributed by atoms with Crippen molar-refractivity contribution < 1.29 is 28.2 Å². The number of aromatic nitrogens is 3. The highest BCUT2D eigenvalue weighted by molar-refractivity contribution is 5.93. The zero-order chi connectivity index (χ0) is 41.5. The van der Waals surface area contributed by atoms with Crippen molar-refractivity contribution >= 4 is 34.0 Å². The Morgan fingerprint density at radius 3 is 2.78 bits per heavy atom. The summed E-state index contributed by atoms with van der Waals surface area (Å²) in [4.78, 5) is 33.7. The molecule has 310 valence electrons. The molecule has 4 aromatic rings. The number of pyridine rings is 1. The Morgan fingerprint density at radius 2 is 2.05 bits per heavy atom. The molecule has 1 amide bonds. The molecule has 0 bridgehead atoms. The Kier molecular flexibility index (Phi) is 11.1. The molecule has 2 aromatic carbocycles. The molecule has 4 atom stereocenters. The number of rotatable bonds is 11. The molecule has 4 aliphatic rings. The third-order valence-electron chi connectivity index (χ3n) is 13.2. The van der Waals surface area contributed by atoms with Crippen molar-refractivity contribution in [2.45, 2.75) is 94.4 Å². The van der Waals surface area contributed by atoms with Crippen molar-refractivity contribution in [3.8, 4) is 24.1 Å². The zero-order valence-electron chi connectivity index (χ0n) is 34.1. The van der Waals surface area contributed by atoms with Gasteiger partial charge in [0, 0.05) is 37.5 Å². The number of nitrogens with zero attached hydrogens (tertiary/aromatic N) is 6. The van der Waals surface area contributed by atoms with E-state index in [1.54, 1.807) is 29.3 Å². The molecule has 11 nitrogen and oxygen atoms in total. The smallest absolute Gasteiger partial charge is 0.318 e. The molecule has 59 heavy (non-hydrogen) atoms. The maximum absolute atomic E-state index is 15.4. The van der Waals surface area contributed by atoms with Crippen LogP contribution in [-0.2, 0) is 22.4 Å². The van der Waals surface area contributed by atoms with Crippen molar-refractivity contribution in [1.29, 1.82) is 0 Å². The third-order valence-corrected chi connectivity index (χ3v) is 13.2. The van der Waals surface area contributed by atoms with Gasteiger partial charge in [-0.25, -0.2) is 13.8 Å². The molecule has 8 rings (SSSR count). The van der Waals surface area contributed by atoms with Gasteiger partial charge >= 0.3 is 6.01 Å². The van der Waals surface area contributed by atoms with Crippen molar-refractivity contribution in [1.82, 2.24) is 19.9 Å². The van der Waals surface area contributed by atoms with Crippen LogP contribution in [0.3, 0.4) is 0 Å². The van der Waals surface area contributed by atoms with Gasteiger partial charge in [-0.15, -0.1) is 6.42 Å². The normalized spacial score (nSPS) is 23.8. The Hall–Kier alpha value is -5.48. The molecule has 13 heteroatoms. The third kappa shape index (κ3) is 7.75. The van der Waals surface area contributed by atoms with Gasteiger partial charge < -0.3 is 34.6 Å². The maximum Gasteiger partial charge on any atom is 0.318 e. The van der Waals surface area contributed by atoms with Gasteiger partial charge in [-0.1, -0.05) is 31.4 Å². The summed E-state index contributed by atoms with van der Waals surface area (Å²) in [7, 11) is 1.83. The molecule has 3 fully saturated rings. The molecule has 4 heterocycles. The SMILES string of the molecule is C#Cc1c(F)ccc2cc(O)cc([C@@H]3CCc4c(nc(OC[C@]5(C)C[C@@H](F)CN5c5ccc(N6CCOC[C@H]6C)nc5)nc4NCC4(N(C)C(=O)C=C)CCCC4)C3)c12.